The SMILES string of the molecule is CCCC1(C(=O)O)CCCN1C(=O)C1CC=CC1. The van der Waals surface area contributed by atoms with Crippen molar-refractivity contribution in [2.45, 2.75) is 51.0 Å². The quantitative estimate of drug-likeness (QED) is 0.779. The molecule has 18 heavy (non-hydrogen) atoms. The summed E-state index contributed by atoms with van der Waals surface area (Å²) in [6, 6.07) is 0. The van der Waals surface area contributed by atoms with Gasteiger partial charge in [0.25, 0.3) is 0 Å². The first-order valence-electron chi connectivity index (χ1n) is 6.81. The summed E-state index contributed by atoms with van der Waals surface area (Å²) in [5.41, 5.74) is -0.936. The van der Waals surface area contributed by atoms with E-state index >= 15 is 0 Å². The van der Waals surface area contributed by atoms with Gasteiger partial charge in [-0.05, 0) is 32.1 Å². The lowest BCUT2D eigenvalue weighted by atomic mass is 9.89. The first-order valence-corrected chi connectivity index (χ1v) is 6.81. The van der Waals surface area contributed by atoms with E-state index in [0.717, 1.165) is 25.7 Å². The number of hydrogen-bond donors (Lipinski definition) is 1. The molecule has 1 N–H and O–H groups in total. The molecule has 0 radical (unpaired) electrons. The maximum absolute atomic E-state index is 12.5. The van der Waals surface area contributed by atoms with Gasteiger partial charge in [0.1, 0.15) is 5.54 Å². The molecule has 0 aromatic heterocycles. The van der Waals surface area contributed by atoms with E-state index < -0.39 is 11.5 Å². The number of rotatable bonds is 4. The van der Waals surface area contributed by atoms with Crippen LogP contribution in [0, 0.1) is 5.92 Å². The molecule has 4 heteroatoms. The fraction of sp³-hybridized carbons (Fsp3) is 0.714. The second kappa shape index (κ2) is 5.12. The van der Waals surface area contributed by atoms with Gasteiger partial charge in [-0.15, -0.1) is 0 Å². The molecule has 2 aliphatic rings. The van der Waals surface area contributed by atoms with Crippen molar-refractivity contribution in [2.75, 3.05) is 6.54 Å². The average Bonchev–Trinajstić information content (AvgIpc) is 2.98. The molecule has 1 heterocycles. The maximum atomic E-state index is 12.5. The standard InChI is InChI=1S/C14H21NO3/c1-2-8-14(13(17)18)9-5-10-15(14)12(16)11-6-3-4-7-11/h3-4,11H,2,5-10H2,1H3,(H,17,18). The first kappa shape index (κ1) is 13.1. The fourth-order valence-electron chi connectivity index (χ4n) is 3.24. The van der Waals surface area contributed by atoms with Crippen LogP contribution in [0.4, 0.5) is 0 Å². The summed E-state index contributed by atoms with van der Waals surface area (Å²) in [6.45, 7) is 2.57. The third-order valence-corrected chi connectivity index (χ3v) is 4.17. The van der Waals surface area contributed by atoms with Crippen molar-refractivity contribution in [2.24, 2.45) is 5.92 Å². The van der Waals surface area contributed by atoms with E-state index in [1.54, 1.807) is 4.90 Å². The fourth-order valence-corrected chi connectivity index (χ4v) is 3.24. The molecule has 0 spiro atoms. The predicted molar refractivity (Wildman–Crippen MR) is 68.1 cm³/mol. The number of allylic oxidation sites excluding steroid dienone is 2. The van der Waals surface area contributed by atoms with E-state index in [-0.39, 0.29) is 11.8 Å². The number of nitrogens with zero attached hydrogens (tertiary/aromatic N) is 1. The highest BCUT2D eigenvalue weighted by Gasteiger charge is 2.50. The Morgan fingerprint density at radius 3 is 2.61 bits per heavy atom. The zero-order valence-corrected chi connectivity index (χ0v) is 10.9. The highest BCUT2D eigenvalue weighted by Crippen LogP contribution is 2.36. The maximum Gasteiger partial charge on any atom is 0.329 e. The summed E-state index contributed by atoms with van der Waals surface area (Å²) in [5.74, 6) is -0.826. The van der Waals surface area contributed by atoms with Crippen molar-refractivity contribution in [3.63, 3.8) is 0 Å². The number of carbonyl (C=O) groups is 2. The normalized spacial score (nSPS) is 27.9. The van der Waals surface area contributed by atoms with Gasteiger partial charge in [-0.1, -0.05) is 25.5 Å². The van der Waals surface area contributed by atoms with Crippen molar-refractivity contribution < 1.29 is 14.7 Å². The van der Waals surface area contributed by atoms with E-state index in [1.807, 2.05) is 19.1 Å². The van der Waals surface area contributed by atoms with Crippen molar-refractivity contribution in [1.82, 2.24) is 4.90 Å². The van der Waals surface area contributed by atoms with Crippen LogP contribution >= 0.6 is 0 Å². The van der Waals surface area contributed by atoms with Gasteiger partial charge in [-0.2, -0.15) is 0 Å². The van der Waals surface area contributed by atoms with Gasteiger partial charge in [-0.25, -0.2) is 4.79 Å². The monoisotopic (exact) mass is 251 g/mol. The van der Waals surface area contributed by atoms with Gasteiger partial charge < -0.3 is 10.0 Å². The van der Waals surface area contributed by atoms with Crippen molar-refractivity contribution in [1.29, 1.82) is 0 Å². The van der Waals surface area contributed by atoms with Crippen LogP contribution in [0.25, 0.3) is 0 Å². The summed E-state index contributed by atoms with van der Waals surface area (Å²) in [5, 5.41) is 9.55. The highest BCUT2D eigenvalue weighted by molar-refractivity contribution is 5.89. The highest BCUT2D eigenvalue weighted by atomic mass is 16.4. The molecule has 0 aromatic rings. The Balaban J connectivity index is 2.19. The Morgan fingerprint density at radius 2 is 2.06 bits per heavy atom. The Labute approximate surface area is 108 Å². The summed E-state index contributed by atoms with van der Waals surface area (Å²) < 4.78 is 0. The number of aliphatic carboxylic acids is 1. The number of amides is 1. The summed E-state index contributed by atoms with van der Waals surface area (Å²) in [6.07, 6.45) is 8.31. The van der Waals surface area contributed by atoms with Crippen LogP contribution in [0.3, 0.4) is 0 Å². The minimum Gasteiger partial charge on any atom is -0.479 e. The molecule has 2 rings (SSSR count). The number of carbonyl (C=O) groups excluding carboxylic acids is 1. The minimum absolute atomic E-state index is 0.0290. The molecule has 0 bridgehead atoms. The lowest BCUT2D eigenvalue weighted by Crippen LogP contribution is -2.54. The predicted octanol–water partition coefficient (Wildman–Crippen LogP) is 2.20. The van der Waals surface area contributed by atoms with E-state index in [0.29, 0.717) is 19.4 Å². The minimum atomic E-state index is -0.936. The zero-order chi connectivity index (χ0) is 13.2. The molecule has 0 saturated carbocycles. The summed E-state index contributed by atoms with van der Waals surface area (Å²) in [4.78, 5) is 25.7. The number of carboxylic acid groups (broad SMARTS) is 1. The Kier molecular flexibility index (Phi) is 3.73. The van der Waals surface area contributed by atoms with Crippen LogP contribution in [-0.2, 0) is 9.59 Å². The lowest BCUT2D eigenvalue weighted by Gasteiger charge is -2.36. The van der Waals surface area contributed by atoms with Crippen LogP contribution in [0.1, 0.15) is 45.4 Å². The second-order valence-electron chi connectivity index (χ2n) is 5.32. The smallest absolute Gasteiger partial charge is 0.329 e. The number of carboxylic acids is 1. The van der Waals surface area contributed by atoms with Gasteiger partial charge in [0.05, 0.1) is 0 Å². The molecule has 100 valence electrons. The van der Waals surface area contributed by atoms with E-state index in [4.69, 9.17) is 0 Å². The molecular formula is C14H21NO3. The molecule has 1 aliphatic heterocycles. The van der Waals surface area contributed by atoms with Gasteiger partial charge in [-0.3, -0.25) is 4.79 Å². The third-order valence-electron chi connectivity index (χ3n) is 4.17. The molecule has 1 fully saturated rings. The Morgan fingerprint density at radius 1 is 1.39 bits per heavy atom. The Hall–Kier alpha value is -1.32. The van der Waals surface area contributed by atoms with Gasteiger partial charge >= 0.3 is 5.97 Å². The molecule has 1 aliphatic carbocycles. The van der Waals surface area contributed by atoms with Gasteiger partial charge in [0, 0.05) is 12.5 Å². The first-order chi connectivity index (χ1) is 8.62. The lowest BCUT2D eigenvalue weighted by molar-refractivity contribution is -0.158. The molecule has 1 atom stereocenters. The number of hydrogen-bond acceptors (Lipinski definition) is 2. The van der Waals surface area contributed by atoms with E-state index in [1.165, 1.54) is 0 Å². The Bertz CT molecular complexity index is 369. The molecule has 1 saturated heterocycles. The average molecular weight is 251 g/mol. The molecule has 0 aromatic carbocycles. The molecule has 1 unspecified atom stereocenters. The largest absolute Gasteiger partial charge is 0.479 e. The van der Waals surface area contributed by atoms with Crippen LogP contribution in [0.15, 0.2) is 12.2 Å². The topological polar surface area (TPSA) is 57.6 Å². The van der Waals surface area contributed by atoms with Crippen LogP contribution in [-0.4, -0.2) is 34.0 Å². The van der Waals surface area contributed by atoms with Gasteiger partial charge in [0.2, 0.25) is 5.91 Å². The van der Waals surface area contributed by atoms with Crippen molar-refractivity contribution in [3.05, 3.63) is 12.2 Å². The second-order valence-corrected chi connectivity index (χ2v) is 5.32. The van der Waals surface area contributed by atoms with Crippen molar-refractivity contribution >= 4 is 11.9 Å². The van der Waals surface area contributed by atoms with Crippen LogP contribution in [0.5, 0.6) is 0 Å². The summed E-state index contributed by atoms with van der Waals surface area (Å²) in [7, 11) is 0. The van der Waals surface area contributed by atoms with Gasteiger partial charge in [0.15, 0.2) is 0 Å². The molecule has 1 amide bonds. The van der Waals surface area contributed by atoms with Crippen LogP contribution in [0.2, 0.25) is 0 Å². The zero-order valence-electron chi connectivity index (χ0n) is 10.9. The van der Waals surface area contributed by atoms with Crippen molar-refractivity contribution in [3.8, 4) is 0 Å². The molecular weight excluding hydrogens is 230 g/mol. The van der Waals surface area contributed by atoms with E-state index in [9.17, 15) is 14.7 Å². The van der Waals surface area contributed by atoms with E-state index in [2.05, 4.69) is 0 Å². The molecule has 4 nitrogen and oxygen atoms in total. The number of likely N-dealkylation sites (tertiary alicyclic amines) is 1. The third kappa shape index (κ3) is 2.04. The summed E-state index contributed by atoms with van der Waals surface area (Å²) >= 11 is 0. The van der Waals surface area contributed by atoms with Crippen LogP contribution < -0.4 is 0 Å².